The summed E-state index contributed by atoms with van der Waals surface area (Å²) in [5.41, 5.74) is -0.518. The van der Waals surface area contributed by atoms with Gasteiger partial charge >= 0.3 is 11.6 Å². The van der Waals surface area contributed by atoms with Crippen LogP contribution in [0.1, 0.15) is 6.42 Å². The van der Waals surface area contributed by atoms with E-state index >= 15 is 0 Å². The number of rotatable bonds is 3. The summed E-state index contributed by atoms with van der Waals surface area (Å²) >= 11 is 0. The van der Waals surface area contributed by atoms with Gasteiger partial charge in [0.2, 0.25) is 0 Å². The molecule has 1 aromatic heterocycles. The summed E-state index contributed by atoms with van der Waals surface area (Å²) in [4.78, 5) is 20.4. The van der Waals surface area contributed by atoms with Crippen molar-refractivity contribution in [3.63, 3.8) is 0 Å². The van der Waals surface area contributed by atoms with Crippen molar-refractivity contribution in [1.82, 2.24) is 5.27 Å². The molecule has 0 atom stereocenters. The molecule has 0 aliphatic rings. The summed E-state index contributed by atoms with van der Waals surface area (Å²) in [6, 6.07) is 0. The third-order valence-electron chi connectivity index (χ3n) is 1.09. The van der Waals surface area contributed by atoms with E-state index in [1.54, 1.807) is 0 Å². The van der Waals surface area contributed by atoms with E-state index < -0.39 is 11.6 Å². The number of H-pyrrole nitrogens is 1. The van der Waals surface area contributed by atoms with Crippen LogP contribution >= 0.6 is 0 Å². The van der Waals surface area contributed by atoms with Gasteiger partial charge in [0.25, 0.3) is 6.20 Å². The van der Waals surface area contributed by atoms with Crippen LogP contribution in [0.25, 0.3) is 0 Å². The summed E-state index contributed by atoms with van der Waals surface area (Å²) in [5.74, 6) is -0.917. The number of nitrogens with one attached hydrogen (secondary N) is 1. The predicted octanol–water partition coefficient (Wildman–Crippen LogP) is -1.27. The number of carbonyl (C=O) groups is 1. The maximum Gasteiger partial charge on any atom is 0.426 e. The van der Waals surface area contributed by atoms with Crippen molar-refractivity contribution in [1.29, 1.82) is 0 Å². The smallest absolute Gasteiger partial charge is 0.426 e. The van der Waals surface area contributed by atoms with Gasteiger partial charge in [-0.15, -0.1) is 0 Å². The molecule has 0 aliphatic heterocycles. The van der Waals surface area contributed by atoms with Gasteiger partial charge in [-0.2, -0.15) is 0 Å². The number of aromatic nitrogens is 2. The molecule has 60 valence electrons. The lowest BCUT2D eigenvalue weighted by Gasteiger charge is -1.83. The molecular weight excluding hydrogens is 152 g/mol. The molecule has 11 heavy (non-hydrogen) atoms. The molecule has 0 unspecified atom stereocenters. The fourth-order valence-corrected chi connectivity index (χ4v) is 0.610. The van der Waals surface area contributed by atoms with E-state index in [1.165, 1.54) is 4.68 Å². The topological polar surface area (TPSA) is 87.2 Å². The van der Waals surface area contributed by atoms with Crippen LogP contribution < -0.4 is 10.3 Å². The van der Waals surface area contributed by atoms with Gasteiger partial charge in [0.1, 0.15) is 6.42 Å². The second kappa shape index (κ2) is 3.00. The van der Waals surface area contributed by atoms with Crippen LogP contribution in [-0.4, -0.2) is 16.3 Å². The second-order valence-electron chi connectivity index (χ2n) is 1.98. The van der Waals surface area contributed by atoms with Crippen LogP contribution in [0.2, 0.25) is 0 Å². The minimum atomic E-state index is -0.917. The Morgan fingerprint density at radius 2 is 2.55 bits per heavy atom. The molecule has 6 heteroatoms. The molecule has 0 saturated carbocycles. The molecule has 0 fully saturated rings. The summed E-state index contributed by atoms with van der Waals surface area (Å²) in [7, 11) is 0. The first-order valence-corrected chi connectivity index (χ1v) is 2.98. The Bertz CT molecular complexity index is 299. The first-order valence-electron chi connectivity index (χ1n) is 2.98. The Morgan fingerprint density at radius 1 is 1.82 bits per heavy atom. The molecule has 0 bridgehead atoms. The highest BCUT2D eigenvalue weighted by atomic mass is 16.5. The fraction of sp³-hybridized carbons (Fsp3) is 0.400. The second-order valence-corrected chi connectivity index (χ2v) is 1.98. The number of carboxylic acid groups (broad SMARTS) is 1. The number of aromatic amines is 1. The monoisotopic (exact) mass is 159 g/mol. The molecule has 0 saturated heterocycles. The van der Waals surface area contributed by atoms with Crippen LogP contribution in [0.15, 0.2) is 15.5 Å². The van der Waals surface area contributed by atoms with Crippen molar-refractivity contribution >= 4 is 5.97 Å². The van der Waals surface area contributed by atoms with Gasteiger partial charge in [0.05, 0.1) is 0 Å². The number of aryl methyl sites for hydroxylation is 1. The third-order valence-corrected chi connectivity index (χ3v) is 1.09. The highest BCUT2D eigenvalue weighted by molar-refractivity contribution is 5.66. The van der Waals surface area contributed by atoms with Crippen molar-refractivity contribution in [3.8, 4) is 0 Å². The molecule has 0 aromatic carbocycles. The van der Waals surface area contributed by atoms with E-state index in [0.717, 1.165) is 6.20 Å². The largest absolute Gasteiger partial charge is 0.481 e. The van der Waals surface area contributed by atoms with E-state index in [4.69, 9.17) is 5.11 Å². The van der Waals surface area contributed by atoms with Crippen LogP contribution in [-0.2, 0) is 11.3 Å². The van der Waals surface area contributed by atoms with Gasteiger partial charge in [-0.1, -0.05) is 4.68 Å². The maximum absolute atomic E-state index is 10.4. The molecule has 1 rings (SSSR count). The first-order chi connectivity index (χ1) is 5.18. The van der Waals surface area contributed by atoms with Crippen molar-refractivity contribution in [2.24, 2.45) is 0 Å². The molecule has 1 aromatic rings. The van der Waals surface area contributed by atoms with Gasteiger partial charge in [-0.25, -0.2) is 4.79 Å². The third kappa shape index (κ3) is 2.24. The highest BCUT2D eigenvalue weighted by Gasteiger charge is 2.07. The fourth-order valence-electron chi connectivity index (χ4n) is 0.610. The predicted molar refractivity (Wildman–Crippen MR) is 31.8 cm³/mol. The lowest BCUT2D eigenvalue weighted by atomic mass is 10.4. The molecular formula is C5H7N2O4+. The lowest BCUT2D eigenvalue weighted by Crippen LogP contribution is -2.36. The summed E-state index contributed by atoms with van der Waals surface area (Å²) in [6.45, 7) is 0.209. The maximum atomic E-state index is 10.4. The summed E-state index contributed by atoms with van der Waals surface area (Å²) < 4.78 is 5.56. The normalized spacial score (nSPS) is 9.82. The first kappa shape index (κ1) is 7.52. The van der Waals surface area contributed by atoms with Crippen molar-refractivity contribution in [2.45, 2.75) is 13.0 Å². The van der Waals surface area contributed by atoms with Crippen molar-refractivity contribution < 1.29 is 19.1 Å². The zero-order valence-electron chi connectivity index (χ0n) is 5.61. The minimum Gasteiger partial charge on any atom is -0.481 e. The molecule has 0 aliphatic carbocycles. The number of aliphatic carboxylic acids is 1. The molecule has 0 radical (unpaired) electrons. The van der Waals surface area contributed by atoms with Gasteiger partial charge in [0, 0.05) is 0 Å². The lowest BCUT2D eigenvalue weighted by molar-refractivity contribution is -0.761. The van der Waals surface area contributed by atoms with Crippen LogP contribution in [0.4, 0.5) is 0 Å². The Morgan fingerprint density at radius 3 is 3.00 bits per heavy atom. The molecule has 6 nitrogen and oxygen atoms in total. The average molecular weight is 159 g/mol. The number of nitrogens with zero attached hydrogens (tertiary/aromatic N) is 1. The molecule has 2 N–H and O–H groups in total. The van der Waals surface area contributed by atoms with Crippen molar-refractivity contribution in [3.05, 3.63) is 16.6 Å². The zero-order valence-corrected chi connectivity index (χ0v) is 5.61. The van der Waals surface area contributed by atoms with Crippen LogP contribution in [0, 0.1) is 0 Å². The molecule has 0 spiro atoms. The van der Waals surface area contributed by atoms with Gasteiger partial charge in [-0.05, 0) is 5.27 Å². The van der Waals surface area contributed by atoms with E-state index in [0.29, 0.717) is 0 Å². The van der Waals surface area contributed by atoms with Crippen molar-refractivity contribution in [2.75, 3.05) is 0 Å². The van der Waals surface area contributed by atoms with Crippen LogP contribution in [0.5, 0.6) is 0 Å². The SMILES string of the molecule is O=C(O)CC[n+]1cc(=O)o[nH]1. The quantitative estimate of drug-likeness (QED) is 0.538. The Hall–Kier alpha value is -1.59. The molecule has 0 amide bonds. The van der Waals surface area contributed by atoms with Gasteiger partial charge in [0.15, 0.2) is 6.54 Å². The van der Waals surface area contributed by atoms with E-state index in [1.807, 2.05) is 0 Å². The van der Waals surface area contributed by atoms with E-state index in [2.05, 4.69) is 9.79 Å². The standard InChI is InChI=1S/C5H6N2O4/c8-4(9)1-2-7-3-5(10)11-6-7/h3H,1-2H2,(H-,6,8,9,10)/p+1. The molecule has 1 heterocycles. The van der Waals surface area contributed by atoms with Crippen LogP contribution in [0.3, 0.4) is 0 Å². The summed E-state index contributed by atoms with van der Waals surface area (Å²) in [6.07, 6.45) is 1.11. The number of hydrogen-bond acceptors (Lipinski definition) is 3. The van der Waals surface area contributed by atoms with E-state index in [-0.39, 0.29) is 13.0 Å². The average Bonchev–Trinajstić information content (AvgIpc) is 2.31. The van der Waals surface area contributed by atoms with Gasteiger partial charge in [-0.3, -0.25) is 9.32 Å². The Balaban J connectivity index is 2.51. The minimum absolute atomic E-state index is 0.0415. The Kier molecular flexibility index (Phi) is 2.05. The number of carboxylic acids is 1. The highest BCUT2D eigenvalue weighted by Crippen LogP contribution is 1.75. The van der Waals surface area contributed by atoms with Gasteiger partial charge < -0.3 is 5.11 Å². The Labute approximate surface area is 61.0 Å². The zero-order chi connectivity index (χ0) is 8.27. The summed E-state index contributed by atoms with van der Waals surface area (Å²) in [5, 5.41) is 10.5. The van der Waals surface area contributed by atoms with E-state index in [9.17, 15) is 9.59 Å². The number of hydrogen-bond donors (Lipinski definition) is 2.